The van der Waals surface area contributed by atoms with E-state index in [0.717, 1.165) is 0 Å². The number of nitrogens with zero attached hydrogens (tertiary/aromatic N) is 4. The molecule has 2 rings (SSSR count). The zero-order chi connectivity index (χ0) is 13.1. The van der Waals surface area contributed by atoms with Gasteiger partial charge in [0.25, 0.3) is 0 Å². The fraction of sp³-hybridized carbons (Fsp3) is 0. The van der Waals surface area contributed by atoms with Crippen molar-refractivity contribution < 1.29 is 0 Å². The summed E-state index contributed by atoms with van der Waals surface area (Å²) in [6.45, 7) is 0. The molecule has 0 saturated heterocycles. The van der Waals surface area contributed by atoms with Crippen LogP contribution >= 0.6 is 23.2 Å². The van der Waals surface area contributed by atoms with Crippen LogP contribution in [0.5, 0.6) is 0 Å². The number of anilines is 2. The number of aromatic nitrogens is 2. The van der Waals surface area contributed by atoms with Gasteiger partial charge in [-0.3, -0.25) is 0 Å². The van der Waals surface area contributed by atoms with E-state index in [-0.39, 0.29) is 22.6 Å². The van der Waals surface area contributed by atoms with Crippen LogP contribution in [0.3, 0.4) is 0 Å². The molecule has 0 aliphatic heterocycles. The summed E-state index contributed by atoms with van der Waals surface area (Å²) in [4.78, 5) is 7.48. The Morgan fingerprint density at radius 1 is 1.00 bits per heavy atom. The molecule has 4 N–H and O–H groups in total. The summed E-state index contributed by atoms with van der Waals surface area (Å²) < 4.78 is 0. The third kappa shape index (κ3) is 2.66. The van der Waals surface area contributed by atoms with Gasteiger partial charge >= 0.3 is 0 Å². The second-order valence-electron chi connectivity index (χ2n) is 3.26. The van der Waals surface area contributed by atoms with Gasteiger partial charge in [0.1, 0.15) is 5.69 Å². The van der Waals surface area contributed by atoms with Crippen LogP contribution in [-0.4, -0.2) is 9.97 Å². The fourth-order valence-corrected chi connectivity index (χ4v) is 1.58. The molecule has 8 heteroatoms. The Balaban J connectivity index is 2.38. The molecule has 1 aromatic heterocycles. The van der Waals surface area contributed by atoms with E-state index in [1.54, 1.807) is 24.3 Å². The van der Waals surface area contributed by atoms with Gasteiger partial charge < -0.3 is 11.5 Å². The van der Waals surface area contributed by atoms with Crippen molar-refractivity contribution in [2.45, 2.75) is 0 Å². The smallest absolute Gasteiger partial charge is 0.223 e. The molecule has 0 saturated carbocycles. The molecule has 0 fully saturated rings. The summed E-state index contributed by atoms with van der Waals surface area (Å²) in [7, 11) is 0. The van der Waals surface area contributed by atoms with Gasteiger partial charge in [-0.2, -0.15) is 9.97 Å². The summed E-state index contributed by atoms with van der Waals surface area (Å²) in [6, 6.07) is 6.97. The summed E-state index contributed by atoms with van der Waals surface area (Å²) in [6.07, 6.45) is 0. The average molecular weight is 283 g/mol. The van der Waals surface area contributed by atoms with Crippen LogP contribution in [0.1, 0.15) is 0 Å². The third-order valence-electron chi connectivity index (χ3n) is 2.00. The first kappa shape index (κ1) is 12.5. The maximum absolute atomic E-state index is 5.93. The molecule has 0 spiro atoms. The van der Waals surface area contributed by atoms with Crippen molar-refractivity contribution in [3.8, 4) is 0 Å². The van der Waals surface area contributed by atoms with Crippen LogP contribution in [-0.2, 0) is 0 Å². The molecule has 6 nitrogen and oxygen atoms in total. The quantitative estimate of drug-likeness (QED) is 0.651. The first-order valence-corrected chi connectivity index (χ1v) is 5.58. The predicted molar refractivity (Wildman–Crippen MR) is 71.5 cm³/mol. The van der Waals surface area contributed by atoms with Gasteiger partial charge in [0, 0.05) is 0 Å². The lowest BCUT2D eigenvalue weighted by Crippen LogP contribution is -1.99. The minimum absolute atomic E-state index is 0.0193. The van der Waals surface area contributed by atoms with Crippen molar-refractivity contribution in [3.05, 3.63) is 34.4 Å². The van der Waals surface area contributed by atoms with Crippen molar-refractivity contribution in [3.63, 3.8) is 0 Å². The van der Waals surface area contributed by atoms with Crippen LogP contribution in [0.25, 0.3) is 0 Å². The number of benzene rings is 1. The molecular formula is C10H8Cl2N6. The average Bonchev–Trinajstić information content (AvgIpc) is 2.30. The Morgan fingerprint density at radius 3 is 2.39 bits per heavy atom. The maximum Gasteiger partial charge on any atom is 0.223 e. The fourth-order valence-electron chi connectivity index (χ4n) is 1.19. The summed E-state index contributed by atoms with van der Waals surface area (Å²) in [5, 5.41) is 8.32. The molecule has 0 aliphatic rings. The first-order chi connectivity index (χ1) is 8.58. The number of azo groups is 1. The summed E-state index contributed by atoms with van der Waals surface area (Å²) >= 11 is 11.8. The number of rotatable bonds is 2. The van der Waals surface area contributed by atoms with E-state index >= 15 is 0 Å². The monoisotopic (exact) mass is 282 g/mol. The summed E-state index contributed by atoms with van der Waals surface area (Å²) in [5.74, 6) is 0.0393. The molecule has 0 amide bonds. The molecule has 0 atom stereocenters. The molecule has 0 bridgehead atoms. The number of nitrogens with two attached hydrogens (primary N) is 2. The van der Waals surface area contributed by atoms with Gasteiger partial charge in [-0.25, -0.2) is 0 Å². The molecule has 0 aliphatic carbocycles. The number of nitrogen functional groups attached to an aromatic ring is 2. The highest BCUT2D eigenvalue weighted by atomic mass is 35.5. The lowest BCUT2D eigenvalue weighted by molar-refractivity contribution is 1.14. The van der Waals surface area contributed by atoms with Crippen molar-refractivity contribution in [1.82, 2.24) is 9.97 Å². The topological polar surface area (TPSA) is 103 Å². The van der Waals surface area contributed by atoms with Crippen molar-refractivity contribution in [2.24, 2.45) is 10.2 Å². The van der Waals surface area contributed by atoms with Crippen LogP contribution in [0.4, 0.5) is 23.1 Å². The normalized spacial score (nSPS) is 11.0. The van der Waals surface area contributed by atoms with Crippen LogP contribution in [0, 0.1) is 0 Å². The van der Waals surface area contributed by atoms with Crippen LogP contribution < -0.4 is 11.5 Å². The molecule has 18 heavy (non-hydrogen) atoms. The Hall–Kier alpha value is -1.92. The van der Waals surface area contributed by atoms with Crippen LogP contribution in [0.15, 0.2) is 34.5 Å². The van der Waals surface area contributed by atoms with Crippen molar-refractivity contribution >= 4 is 46.3 Å². The molecule has 2 aromatic rings. The highest BCUT2D eigenvalue weighted by Gasteiger charge is 2.09. The zero-order valence-electron chi connectivity index (χ0n) is 9.01. The third-order valence-corrected chi connectivity index (χ3v) is 2.58. The molecule has 0 radical (unpaired) electrons. The van der Waals surface area contributed by atoms with Gasteiger partial charge in [0.15, 0.2) is 16.7 Å². The van der Waals surface area contributed by atoms with Gasteiger partial charge in [0.05, 0.1) is 5.02 Å². The highest BCUT2D eigenvalue weighted by molar-refractivity contribution is 6.33. The molecule has 92 valence electrons. The van der Waals surface area contributed by atoms with Gasteiger partial charge in [-0.1, -0.05) is 35.3 Å². The Morgan fingerprint density at radius 2 is 1.72 bits per heavy atom. The summed E-state index contributed by atoms with van der Waals surface area (Å²) in [5.41, 5.74) is 11.7. The van der Waals surface area contributed by atoms with Crippen LogP contribution in [0.2, 0.25) is 10.2 Å². The largest absolute Gasteiger partial charge is 0.382 e. The van der Waals surface area contributed by atoms with E-state index in [2.05, 4.69) is 20.2 Å². The standard InChI is InChI=1S/C10H8Cl2N6/c11-5-3-1-2-4-6(5)17-18-7-8(12)15-10(14)16-9(7)13/h1-4H,(H4,13,14,15,16). The zero-order valence-corrected chi connectivity index (χ0v) is 10.5. The highest BCUT2D eigenvalue weighted by Crippen LogP contribution is 2.32. The van der Waals surface area contributed by atoms with E-state index in [4.69, 9.17) is 34.7 Å². The maximum atomic E-state index is 5.93. The second kappa shape index (κ2) is 5.16. The van der Waals surface area contributed by atoms with Gasteiger partial charge in [0.2, 0.25) is 5.95 Å². The SMILES string of the molecule is Nc1nc(N)c(N=Nc2ccccc2Cl)c(Cl)n1. The van der Waals surface area contributed by atoms with Crippen molar-refractivity contribution in [1.29, 1.82) is 0 Å². The minimum atomic E-state index is -0.0193. The predicted octanol–water partition coefficient (Wildman–Crippen LogP) is 3.36. The minimum Gasteiger partial charge on any atom is -0.382 e. The van der Waals surface area contributed by atoms with E-state index in [9.17, 15) is 0 Å². The first-order valence-electron chi connectivity index (χ1n) is 4.82. The molecular weight excluding hydrogens is 275 g/mol. The van der Waals surface area contributed by atoms with Gasteiger partial charge in [-0.15, -0.1) is 10.2 Å². The number of hydrogen-bond acceptors (Lipinski definition) is 6. The van der Waals surface area contributed by atoms with E-state index in [1.807, 2.05) is 0 Å². The molecule has 1 aromatic carbocycles. The number of halogens is 2. The number of hydrogen-bond donors (Lipinski definition) is 2. The van der Waals surface area contributed by atoms with E-state index in [0.29, 0.717) is 10.7 Å². The Bertz CT molecular complexity index is 590. The Labute approximate surface area is 113 Å². The van der Waals surface area contributed by atoms with E-state index < -0.39 is 0 Å². The van der Waals surface area contributed by atoms with E-state index in [1.165, 1.54) is 0 Å². The lowest BCUT2D eigenvalue weighted by atomic mass is 10.3. The molecule has 1 heterocycles. The molecule has 0 unspecified atom stereocenters. The van der Waals surface area contributed by atoms with Crippen molar-refractivity contribution in [2.75, 3.05) is 11.5 Å². The second-order valence-corrected chi connectivity index (χ2v) is 4.02. The van der Waals surface area contributed by atoms with Gasteiger partial charge in [-0.05, 0) is 12.1 Å². The lowest BCUT2D eigenvalue weighted by Gasteiger charge is -2.01. The Kier molecular flexibility index (Phi) is 3.59.